The molecule has 1 aromatic rings. The minimum absolute atomic E-state index is 0.104. The summed E-state index contributed by atoms with van der Waals surface area (Å²) in [6.45, 7) is -1.53. The molecule has 174 valence electrons. The molecule has 1 aromatic carbocycles. The Balaban J connectivity index is 2.47. The van der Waals surface area contributed by atoms with Crippen molar-refractivity contribution >= 4 is 36.0 Å². The Labute approximate surface area is 183 Å². The Hall–Kier alpha value is -4.16. The highest BCUT2D eigenvalue weighted by molar-refractivity contribution is 5.91. The molecule has 0 saturated carbocycles. The molecular weight excluding hydrogens is 426 g/mol. The molecule has 0 saturated heterocycles. The van der Waals surface area contributed by atoms with Crippen molar-refractivity contribution in [3.63, 3.8) is 0 Å². The third-order valence-corrected chi connectivity index (χ3v) is 3.91. The number of ether oxygens (including phenoxy) is 1. The van der Waals surface area contributed by atoms with E-state index >= 15 is 0 Å². The number of hydrogen-bond donors (Lipinski definition) is 6. The van der Waals surface area contributed by atoms with E-state index in [0.717, 1.165) is 0 Å². The molecule has 0 bridgehead atoms. The maximum atomic E-state index is 12.3. The summed E-state index contributed by atoms with van der Waals surface area (Å²) in [7, 11) is 1.41. The third-order valence-electron chi connectivity index (χ3n) is 3.91. The van der Waals surface area contributed by atoms with Gasteiger partial charge in [-0.1, -0.05) is 12.1 Å². The predicted molar refractivity (Wildman–Crippen MR) is 109 cm³/mol. The van der Waals surface area contributed by atoms with E-state index in [4.69, 9.17) is 9.84 Å². The largest absolute Gasteiger partial charge is 0.482 e. The van der Waals surface area contributed by atoms with E-state index in [-0.39, 0.29) is 19.5 Å². The molecule has 0 aromatic heterocycles. The lowest BCUT2D eigenvalue weighted by atomic mass is 10.1. The molecule has 0 fully saturated rings. The van der Waals surface area contributed by atoms with Gasteiger partial charge in [-0.3, -0.25) is 24.0 Å². The normalized spacial score (nSPS) is 10.8. The first-order chi connectivity index (χ1) is 15.2. The van der Waals surface area contributed by atoms with Crippen molar-refractivity contribution in [2.75, 3.05) is 33.3 Å². The molecular formula is C19H25N5O8. The molecule has 6 N–H and O–H groups in total. The molecule has 1 atom stereocenters. The van der Waals surface area contributed by atoms with E-state index in [1.165, 1.54) is 19.2 Å². The number of aliphatic carboxylic acids is 1. The second-order valence-corrected chi connectivity index (χ2v) is 6.31. The van der Waals surface area contributed by atoms with Crippen molar-refractivity contribution in [1.29, 1.82) is 0 Å². The quantitative estimate of drug-likeness (QED) is 0.160. The summed E-state index contributed by atoms with van der Waals surface area (Å²) >= 11 is 0. The van der Waals surface area contributed by atoms with E-state index < -0.39 is 48.8 Å². The number of carbonyl (C=O) groups is 6. The van der Waals surface area contributed by atoms with Gasteiger partial charge in [0, 0.05) is 13.5 Å². The van der Waals surface area contributed by atoms with Gasteiger partial charge in [0.1, 0.15) is 11.8 Å². The summed E-state index contributed by atoms with van der Waals surface area (Å²) in [5.74, 6) is -3.02. The number of amides is 5. The second kappa shape index (κ2) is 14.0. The maximum Gasteiger partial charge on any atom is 0.341 e. The van der Waals surface area contributed by atoms with E-state index in [1.54, 1.807) is 12.1 Å². The molecule has 0 unspecified atom stereocenters. The predicted octanol–water partition coefficient (Wildman–Crippen LogP) is -3.10. The zero-order valence-corrected chi connectivity index (χ0v) is 17.3. The number of carboxylic acid groups (broad SMARTS) is 1. The van der Waals surface area contributed by atoms with Crippen LogP contribution in [0.25, 0.3) is 0 Å². The molecule has 1 rings (SSSR count). The maximum absolute atomic E-state index is 12.3. The Kier molecular flexibility index (Phi) is 11.3. The molecule has 0 spiro atoms. The fraction of sp³-hybridized carbons (Fsp3) is 0.368. The van der Waals surface area contributed by atoms with Gasteiger partial charge in [0.25, 0.3) is 0 Å². The van der Waals surface area contributed by atoms with Gasteiger partial charge in [-0.2, -0.15) is 0 Å². The van der Waals surface area contributed by atoms with Crippen molar-refractivity contribution in [1.82, 2.24) is 26.6 Å². The molecule has 0 aliphatic carbocycles. The average Bonchev–Trinajstić information content (AvgIpc) is 2.78. The van der Waals surface area contributed by atoms with Crippen LogP contribution in [0.3, 0.4) is 0 Å². The van der Waals surface area contributed by atoms with Crippen LogP contribution < -0.4 is 31.3 Å². The Morgan fingerprint density at radius 1 is 0.938 bits per heavy atom. The molecule has 0 aliphatic rings. The highest BCUT2D eigenvalue weighted by Gasteiger charge is 2.19. The van der Waals surface area contributed by atoms with Gasteiger partial charge < -0.3 is 36.4 Å². The van der Waals surface area contributed by atoms with E-state index in [9.17, 15) is 28.8 Å². The van der Waals surface area contributed by atoms with Crippen molar-refractivity contribution in [2.24, 2.45) is 0 Å². The summed E-state index contributed by atoms with van der Waals surface area (Å²) in [5.41, 5.74) is 0.652. The summed E-state index contributed by atoms with van der Waals surface area (Å²) in [6, 6.07) is 5.29. The van der Waals surface area contributed by atoms with Gasteiger partial charge in [-0.25, -0.2) is 4.79 Å². The van der Waals surface area contributed by atoms with Crippen molar-refractivity contribution in [3.05, 3.63) is 29.8 Å². The smallest absolute Gasteiger partial charge is 0.341 e. The van der Waals surface area contributed by atoms with Gasteiger partial charge >= 0.3 is 5.97 Å². The molecule has 13 nitrogen and oxygen atoms in total. The number of carbonyl (C=O) groups excluding carboxylic acids is 5. The van der Waals surface area contributed by atoms with Crippen LogP contribution in [0.4, 0.5) is 0 Å². The Bertz CT molecular complexity index is 828. The van der Waals surface area contributed by atoms with Gasteiger partial charge in [0.15, 0.2) is 6.61 Å². The number of carboxylic acids is 1. The lowest BCUT2D eigenvalue weighted by Crippen LogP contribution is -2.49. The monoisotopic (exact) mass is 451 g/mol. The zero-order chi connectivity index (χ0) is 23.9. The molecule has 5 amide bonds. The van der Waals surface area contributed by atoms with Crippen LogP contribution >= 0.6 is 0 Å². The van der Waals surface area contributed by atoms with Crippen LogP contribution in [0.5, 0.6) is 5.75 Å². The summed E-state index contributed by atoms with van der Waals surface area (Å²) in [4.78, 5) is 68.0. The lowest BCUT2D eigenvalue weighted by molar-refractivity contribution is -0.139. The number of rotatable bonds is 14. The van der Waals surface area contributed by atoms with Crippen molar-refractivity contribution < 1.29 is 38.6 Å². The van der Waals surface area contributed by atoms with Crippen LogP contribution in [-0.2, 0) is 35.2 Å². The van der Waals surface area contributed by atoms with Crippen LogP contribution in [0, 0.1) is 0 Å². The van der Waals surface area contributed by atoms with Crippen LogP contribution in [-0.4, -0.2) is 80.4 Å². The number of likely N-dealkylation sites (N-methyl/N-ethyl adjacent to an activating group) is 1. The number of benzene rings is 1. The first kappa shape index (κ1) is 25.9. The Morgan fingerprint density at radius 3 is 2.03 bits per heavy atom. The summed E-state index contributed by atoms with van der Waals surface area (Å²) < 4.78 is 5.02. The SMILES string of the molecule is CNC(=O)CNC(=O)CNC(=O)CNC(=O)[C@H](Cc1ccc(OCC(=O)O)cc1)NC=O. The first-order valence-corrected chi connectivity index (χ1v) is 9.40. The molecule has 0 heterocycles. The van der Waals surface area contributed by atoms with Crippen LogP contribution in [0.15, 0.2) is 24.3 Å². The average molecular weight is 451 g/mol. The van der Waals surface area contributed by atoms with E-state index in [1.807, 2.05) is 0 Å². The van der Waals surface area contributed by atoms with Gasteiger partial charge in [-0.15, -0.1) is 0 Å². The molecule has 13 heteroatoms. The summed E-state index contributed by atoms with van der Waals surface area (Å²) in [5, 5.41) is 20.2. The van der Waals surface area contributed by atoms with Crippen molar-refractivity contribution in [2.45, 2.75) is 12.5 Å². The third kappa shape index (κ3) is 10.6. The fourth-order valence-corrected chi connectivity index (χ4v) is 2.27. The molecule has 0 radical (unpaired) electrons. The highest BCUT2D eigenvalue weighted by Crippen LogP contribution is 2.13. The number of hydrogen-bond acceptors (Lipinski definition) is 7. The van der Waals surface area contributed by atoms with Crippen LogP contribution in [0.2, 0.25) is 0 Å². The van der Waals surface area contributed by atoms with Gasteiger partial charge in [0.05, 0.1) is 19.6 Å². The number of nitrogens with one attached hydrogen (secondary N) is 5. The lowest BCUT2D eigenvalue weighted by Gasteiger charge is -2.16. The fourth-order valence-electron chi connectivity index (χ4n) is 2.27. The van der Waals surface area contributed by atoms with Crippen molar-refractivity contribution in [3.8, 4) is 5.75 Å². The van der Waals surface area contributed by atoms with E-state index in [2.05, 4.69) is 26.6 Å². The topological polar surface area (TPSA) is 192 Å². The minimum Gasteiger partial charge on any atom is -0.482 e. The minimum atomic E-state index is -1.12. The first-order valence-electron chi connectivity index (χ1n) is 9.40. The van der Waals surface area contributed by atoms with Gasteiger partial charge in [-0.05, 0) is 17.7 Å². The zero-order valence-electron chi connectivity index (χ0n) is 17.3. The van der Waals surface area contributed by atoms with Crippen LogP contribution in [0.1, 0.15) is 5.56 Å². The summed E-state index contributed by atoms with van der Waals surface area (Å²) in [6.07, 6.45) is 0.457. The molecule has 0 aliphatic heterocycles. The van der Waals surface area contributed by atoms with Gasteiger partial charge in [0.2, 0.25) is 30.0 Å². The standard InChI is InChI=1S/C19H25N5O8/c1-20-15(26)7-21-16(27)8-22-17(28)9-23-19(31)14(24-11-25)6-12-2-4-13(5-3-12)32-10-18(29)30/h2-5,11,14H,6-10H2,1H3,(H,20,26)(H,21,27)(H,22,28)(H,23,31)(H,24,25)(H,29,30)/t14-/m0/s1. The second-order valence-electron chi connectivity index (χ2n) is 6.31. The Morgan fingerprint density at radius 2 is 1.50 bits per heavy atom. The highest BCUT2D eigenvalue weighted by atomic mass is 16.5. The van der Waals surface area contributed by atoms with E-state index in [0.29, 0.717) is 17.7 Å². The molecule has 32 heavy (non-hydrogen) atoms.